The molecule has 0 aromatic carbocycles. The standard InChI is InChI=1S/C12H24O2/c1-6-7-11(8-9-13)14-12(4,5)10(2)3/h6-7,10-11,13H,8-9H2,1-5H3. The number of aliphatic hydroxyl groups excluding tert-OH is 1. The second kappa shape index (κ2) is 6.20. The lowest BCUT2D eigenvalue weighted by Crippen LogP contribution is -2.35. The minimum atomic E-state index is -0.140. The van der Waals surface area contributed by atoms with Gasteiger partial charge < -0.3 is 9.84 Å². The zero-order valence-electron chi connectivity index (χ0n) is 10.1. The third kappa shape index (κ3) is 4.77. The zero-order valence-corrected chi connectivity index (χ0v) is 10.1. The second-order valence-electron chi connectivity index (χ2n) is 4.45. The van der Waals surface area contributed by atoms with Gasteiger partial charge in [0.2, 0.25) is 0 Å². The van der Waals surface area contributed by atoms with Gasteiger partial charge in [0.1, 0.15) is 0 Å². The molecule has 14 heavy (non-hydrogen) atoms. The van der Waals surface area contributed by atoms with E-state index in [-0.39, 0.29) is 18.3 Å². The van der Waals surface area contributed by atoms with Crippen LogP contribution in [0.15, 0.2) is 12.2 Å². The van der Waals surface area contributed by atoms with Crippen molar-refractivity contribution < 1.29 is 9.84 Å². The number of allylic oxidation sites excluding steroid dienone is 1. The van der Waals surface area contributed by atoms with Crippen LogP contribution < -0.4 is 0 Å². The van der Waals surface area contributed by atoms with Crippen LogP contribution in [0.1, 0.15) is 41.0 Å². The summed E-state index contributed by atoms with van der Waals surface area (Å²) >= 11 is 0. The van der Waals surface area contributed by atoms with Crippen molar-refractivity contribution in [2.45, 2.75) is 52.7 Å². The molecule has 1 unspecified atom stereocenters. The molecule has 0 bridgehead atoms. The molecular formula is C12H24O2. The summed E-state index contributed by atoms with van der Waals surface area (Å²) in [6.07, 6.45) is 4.67. The summed E-state index contributed by atoms with van der Waals surface area (Å²) in [6, 6.07) is 0. The third-order valence-corrected chi connectivity index (χ3v) is 2.67. The Bertz CT molecular complexity index is 171. The summed E-state index contributed by atoms with van der Waals surface area (Å²) in [5.41, 5.74) is -0.140. The van der Waals surface area contributed by atoms with Crippen molar-refractivity contribution in [3.8, 4) is 0 Å². The fourth-order valence-corrected chi connectivity index (χ4v) is 1.06. The molecule has 0 aromatic heterocycles. The smallest absolute Gasteiger partial charge is 0.0784 e. The van der Waals surface area contributed by atoms with Crippen LogP contribution >= 0.6 is 0 Å². The Morgan fingerprint density at radius 3 is 2.29 bits per heavy atom. The highest BCUT2D eigenvalue weighted by Gasteiger charge is 2.25. The van der Waals surface area contributed by atoms with Gasteiger partial charge in [0.15, 0.2) is 0 Å². The van der Waals surface area contributed by atoms with Crippen LogP contribution in [0.5, 0.6) is 0 Å². The van der Waals surface area contributed by atoms with E-state index in [0.717, 1.165) is 0 Å². The maximum absolute atomic E-state index is 8.88. The molecular weight excluding hydrogens is 176 g/mol. The van der Waals surface area contributed by atoms with Gasteiger partial charge in [-0.25, -0.2) is 0 Å². The molecule has 0 aliphatic heterocycles. The summed E-state index contributed by atoms with van der Waals surface area (Å²) in [5, 5.41) is 8.88. The molecule has 1 atom stereocenters. The van der Waals surface area contributed by atoms with Gasteiger partial charge in [-0.1, -0.05) is 26.0 Å². The number of hydrogen-bond donors (Lipinski definition) is 1. The Kier molecular flexibility index (Phi) is 6.05. The fraction of sp³-hybridized carbons (Fsp3) is 0.833. The molecule has 0 spiro atoms. The third-order valence-electron chi connectivity index (χ3n) is 2.67. The zero-order chi connectivity index (χ0) is 11.2. The van der Waals surface area contributed by atoms with Crippen LogP contribution in [-0.2, 0) is 4.74 Å². The van der Waals surface area contributed by atoms with Gasteiger partial charge in [-0.2, -0.15) is 0 Å². The maximum atomic E-state index is 8.88. The van der Waals surface area contributed by atoms with Gasteiger partial charge in [-0.3, -0.25) is 0 Å². The molecule has 0 saturated carbocycles. The van der Waals surface area contributed by atoms with E-state index < -0.39 is 0 Å². The van der Waals surface area contributed by atoms with E-state index in [1.807, 2.05) is 19.1 Å². The van der Waals surface area contributed by atoms with E-state index in [1.165, 1.54) is 0 Å². The monoisotopic (exact) mass is 200 g/mol. The normalized spacial score (nSPS) is 15.4. The molecule has 2 heteroatoms. The van der Waals surface area contributed by atoms with Crippen molar-refractivity contribution in [3.05, 3.63) is 12.2 Å². The van der Waals surface area contributed by atoms with Crippen molar-refractivity contribution >= 4 is 0 Å². The van der Waals surface area contributed by atoms with Gasteiger partial charge in [-0.05, 0) is 26.7 Å². The molecule has 0 rings (SSSR count). The SMILES string of the molecule is CC=CC(CCO)OC(C)(C)C(C)C. The van der Waals surface area contributed by atoms with E-state index >= 15 is 0 Å². The van der Waals surface area contributed by atoms with Crippen LogP contribution in [0, 0.1) is 5.92 Å². The first-order valence-electron chi connectivity index (χ1n) is 5.35. The summed E-state index contributed by atoms with van der Waals surface area (Å²) in [5.74, 6) is 0.467. The van der Waals surface area contributed by atoms with Gasteiger partial charge >= 0.3 is 0 Å². The molecule has 1 N–H and O–H groups in total. The van der Waals surface area contributed by atoms with Gasteiger partial charge in [-0.15, -0.1) is 0 Å². The summed E-state index contributed by atoms with van der Waals surface area (Å²) in [6.45, 7) is 10.6. The quantitative estimate of drug-likeness (QED) is 0.668. The molecule has 0 heterocycles. The average molecular weight is 200 g/mol. The molecule has 0 fully saturated rings. The van der Waals surface area contributed by atoms with Crippen LogP contribution in [0.2, 0.25) is 0 Å². The Morgan fingerprint density at radius 2 is 1.93 bits per heavy atom. The molecule has 0 aromatic rings. The van der Waals surface area contributed by atoms with Crippen molar-refractivity contribution in [2.75, 3.05) is 6.61 Å². The number of ether oxygens (including phenoxy) is 1. The molecule has 0 aliphatic carbocycles. The average Bonchev–Trinajstić information content (AvgIpc) is 2.04. The van der Waals surface area contributed by atoms with Crippen LogP contribution in [0.25, 0.3) is 0 Å². The highest BCUT2D eigenvalue weighted by molar-refractivity contribution is 4.89. The predicted molar refractivity (Wildman–Crippen MR) is 60.3 cm³/mol. The van der Waals surface area contributed by atoms with Crippen molar-refractivity contribution in [1.82, 2.24) is 0 Å². The van der Waals surface area contributed by atoms with Gasteiger partial charge in [0.25, 0.3) is 0 Å². The lowest BCUT2D eigenvalue weighted by Gasteiger charge is -2.33. The van der Waals surface area contributed by atoms with Crippen molar-refractivity contribution in [1.29, 1.82) is 0 Å². The Morgan fingerprint density at radius 1 is 1.36 bits per heavy atom. The van der Waals surface area contributed by atoms with E-state index in [9.17, 15) is 0 Å². The topological polar surface area (TPSA) is 29.5 Å². The number of rotatable bonds is 6. The molecule has 0 aliphatic rings. The highest BCUT2D eigenvalue weighted by Crippen LogP contribution is 2.23. The van der Waals surface area contributed by atoms with E-state index in [1.54, 1.807) is 0 Å². The predicted octanol–water partition coefficient (Wildman–Crippen LogP) is 2.76. The summed E-state index contributed by atoms with van der Waals surface area (Å²) < 4.78 is 5.93. The highest BCUT2D eigenvalue weighted by atomic mass is 16.5. The van der Waals surface area contributed by atoms with E-state index in [4.69, 9.17) is 9.84 Å². The molecule has 84 valence electrons. The van der Waals surface area contributed by atoms with Crippen LogP contribution in [-0.4, -0.2) is 23.4 Å². The number of hydrogen-bond acceptors (Lipinski definition) is 2. The van der Waals surface area contributed by atoms with Crippen molar-refractivity contribution in [2.24, 2.45) is 5.92 Å². The van der Waals surface area contributed by atoms with E-state index in [2.05, 4.69) is 27.7 Å². The molecule has 2 nitrogen and oxygen atoms in total. The maximum Gasteiger partial charge on any atom is 0.0784 e. The largest absolute Gasteiger partial charge is 0.396 e. The molecule has 0 radical (unpaired) electrons. The first-order valence-corrected chi connectivity index (χ1v) is 5.35. The van der Waals surface area contributed by atoms with Gasteiger partial charge in [0.05, 0.1) is 11.7 Å². The molecule has 0 saturated heterocycles. The number of aliphatic hydroxyl groups is 1. The molecule has 0 amide bonds. The first-order chi connectivity index (χ1) is 6.44. The van der Waals surface area contributed by atoms with Gasteiger partial charge in [0, 0.05) is 13.0 Å². The first kappa shape index (κ1) is 13.7. The Hall–Kier alpha value is -0.340. The second-order valence-corrected chi connectivity index (χ2v) is 4.45. The van der Waals surface area contributed by atoms with Crippen LogP contribution in [0.3, 0.4) is 0 Å². The minimum absolute atomic E-state index is 0.0300. The Balaban J connectivity index is 4.27. The van der Waals surface area contributed by atoms with Crippen LogP contribution in [0.4, 0.5) is 0 Å². The summed E-state index contributed by atoms with van der Waals surface area (Å²) in [4.78, 5) is 0. The summed E-state index contributed by atoms with van der Waals surface area (Å²) in [7, 11) is 0. The van der Waals surface area contributed by atoms with E-state index in [0.29, 0.717) is 12.3 Å². The lowest BCUT2D eigenvalue weighted by molar-refractivity contribution is -0.0851. The fourth-order valence-electron chi connectivity index (χ4n) is 1.06. The minimum Gasteiger partial charge on any atom is -0.396 e. The van der Waals surface area contributed by atoms with Crippen molar-refractivity contribution in [3.63, 3.8) is 0 Å². The lowest BCUT2D eigenvalue weighted by atomic mass is 9.94. The Labute approximate surface area is 88.0 Å².